The van der Waals surface area contributed by atoms with Crippen LogP contribution in [0, 0.1) is 0 Å². The Hall–Kier alpha value is -1.85. The van der Waals surface area contributed by atoms with Crippen molar-refractivity contribution in [2.24, 2.45) is 0 Å². The molecule has 10 nitrogen and oxygen atoms in total. The maximum absolute atomic E-state index is 9.78. The number of nitrogens with zero attached hydrogens (tertiary/aromatic N) is 5. The molecular formula is C9H12N6O4. The molecule has 19 heavy (non-hydrogen) atoms. The highest BCUT2D eigenvalue weighted by Gasteiger charge is 2.42. The molecule has 0 aromatic carbocycles. The van der Waals surface area contributed by atoms with Gasteiger partial charge in [0.15, 0.2) is 17.7 Å². The van der Waals surface area contributed by atoms with Crippen molar-refractivity contribution >= 4 is 17.0 Å². The van der Waals surface area contributed by atoms with Crippen molar-refractivity contribution in [3.05, 3.63) is 12.7 Å². The van der Waals surface area contributed by atoms with Crippen molar-refractivity contribution in [3.8, 4) is 0 Å². The van der Waals surface area contributed by atoms with Crippen LogP contribution >= 0.6 is 0 Å². The third-order valence-electron chi connectivity index (χ3n) is 2.93. The van der Waals surface area contributed by atoms with E-state index in [2.05, 4.69) is 15.0 Å². The first kappa shape index (κ1) is 12.2. The fourth-order valence-electron chi connectivity index (χ4n) is 1.95. The van der Waals surface area contributed by atoms with E-state index in [-0.39, 0.29) is 5.82 Å². The normalized spacial score (nSPS) is 28.3. The smallest absolute Gasteiger partial charge is 0.220 e. The Bertz CT molecular complexity index is 603. The van der Waals surface area contributed by atoms with Gasteiger partial charge in [-0.05, 0) is 0 Å². The van der Waals surface area contributed by atoms with Gasteiger partial charge in [0.2, 0.25) is 6.35 Å². The van der Waals surface area contributed by atoms with Gasteiger partial charge >= 0.3 is 0 Å². The predicted octanol–water partition coefficient (Wildman–Crippen LogP) is -1.73. The molecule has 3 rings (SSSR count). The molecule has 1 fully saturated rings. The van der Waals surface area contributed by atoms with Crippen LogP contribution in [-0.4, -0.2) is 58.9 Å². The molecule has 0 bridgehead atoms. The minimum atomic E-state index is -1.34. The fourth-order valence-corrected chi connectivity index (χ4v) is 1.95. The fraction of sp³-hybridized carbons (Fsp3) is 0.444. The van der Waals surface area contributed by atoms with Gasteiger partial charge in [0.25, 0.3) is 0 Å². The summed E-state index contributed by atoms with van der Waals surface area (Å²) in [6.07, 6.45) is -0.701. The Kier molecular flexibility index (Phi) is 2.80. The number of hydroxylamine groups is 2. The molecule has 3 atom stereocenters. The van der Waals surface area contributed by atoms with Crippen molar-refractivity contribution in [2.45, 2.75) is 18.7 Å². The summed E-state index contributed by atoms with van der Waals surface area (Å²) >= 11 is 0. The summed E-state index contributed by atoms with van der Waals surface area (Å²) in [6.45, 7) is -0.432. The van der Waals surface area contributed by atoms with Gasteiger partial charge in [-0.15, -0.1) is 5.06 Å². The van der Waals surface area contributed by atoms with E-state index >= 15 is 0 Å². The number of nitrogen functional groups attached to an aromatic ring is 1. The molecule has 0 radical (unpaired) electrons. The van der Waals surface area contributed by atoms with E-state index < -0.39 is 25.3 Å². The molecule has 0 unspecified atom stereocenters. The van der Waals surface area contributed by atoms with E-state index in [1.807, 2.05) is 0 Å². The summed E-state index contributed by atoms with van der Waals surface area (Å²) in [7, 11) is 0. The number of nitrogens with two attached hydrogens (primary N) is 1. The monoisotopic (exact) mass is 268 g/mol. The molecule has 0 aliphatic carbocycles. The first-order valence-corrected chi connectivity index (χ1v) is 5.48. The number of aromatic nitrogens is 4. The van der Waals surface area contributed by atoms with Crippen LogP contribution in [-0.2, 0) is 4.74 Å². The second kappa shape index (κ2) is 4.36. The Balaban J connectivity index is 2.04. The largest absolute Gasteiger partial charge is 0.394 e. The summed E-state index contributed by atoms with van der Waals surface area (Å²) in [5.41, 5.74) is 6.36. The Morgan fingerprint density at radius 1 is 1.37 bits per heavy atom. The summed E-state index contributed by atoms with van der Waals surface area (Å²) < 4.78 is 6.71. The third kappa shape index (κ3) is 1.74. The molecule has 0 spiro atoms. The standard InChI is InChI=1S/C9H12N6O4/c10-6-5-7(12-2-11-6)14(3-13-5)9-15(18)8(17)4(1-16)19-9/h2-4,8-9,16-18H,1H2,(H2,10,11,12)/t4-,8-,9+/m1/s1. The Labute approximate surface area is 106 Å². The van der Waals surface area contributed by atoms with E-state index in [9.17, 15) is 10.3 Å². The number of hydrogen-bond acceptors (Lipinski definition) is 9. The average molecular weight is 268 g/mol. The van der Waals surface area contributed by atoms with E-state index in [4.69, 9.17) is 15.6 Å². The lowest BCUT2D eigenvalue weighted by molar-refractivity contribution is -0.234. The number of hydrogen-bond donors (Lipinski definition) is 4. The van der Waals surface area contributed by atoms with Crippen LogP contribution in [0.5, 0.6) is 0 Å². The number of rotatable bonds is 2. The van der Waals surface area contributed by atoms with E-state index in [1.54, 1.807) is 0 Å². The zero-order valence-electron chi connectivity index (χ0n) is 9.66. The van der Waals surface area contributed by atoms with Crippen molar-refractivity contribution < 1.29 is 20.2 Å². The average Bonchev–Trinajstić information content (AvgIpc) is 2.94. The van der Waals surface area contributed by atoms with E-state index in [0.29, 0.717) is 16.2 Å². The highest BCUT2D eigenvalue weighted by atomic mass is 16.7. The summed E-state index contributed by atoms with van der Waals surface area (Å²) in [5, 5.41) is 29.0. The van der Waals surface area contributed by atoms with Crippen LogP contribution in [0.25, 0.3) is 11.2 Å². The van der Waals surface area contributed by atoms with Gasteiger partial charge in [-0.1, -0.05) is 0 Å². The zero-order chi connectivity index (χ0) is 13.6. The molecule has 0 amide bonds. The first-order valence-electron chi connectivity index (χ1n) is 5.48. The molecule has 2 aromatic heterocycles. The van der Waals surface area contributed by atoms with Gasteiger partial charge in [-0.25, -0.2) is 15.0 Å². The SMILES string of the molecule is Nc1ncnc2c1ncn2[C@@H]1O[C@H](CO)[C@@H](O)N1O. The second-order valence-electron chi connectivity index (χ2n) is 4.06. The van der Waals surface area contributed by atoms with Crippen LogP contribution in [0.2, 0.25) is 0 Å². The van der Waals surface area contributed by atoms with Gasteiger partial charge in [-0.3, -0.25) is 4.57 Å². The second-order valence-corrected chi connectivity index (χ2v) is 4.06. The lowest BCUT2D eigenvalue weighted by Crippen LogP contribution is -2.35. The van der Waals surface area contributed by atoms with Crippen LogP contribution in [0.1, 0.15) is 6.35 Å². The maximum Gasteiger partial charge on any atom is 0.220 e. The number of fused-ring (bicyclic) bond motifs is 1. The van der Waals surface area contributed by atoms with Crippen LogP contribution < -0.4 is 5.73 Å². The van der Waals surface area contributed by atoms with Crippen molar-refractivity contribution in [1.29, 1.82) is 0 Å². The van der Waals surface area contributed by atoms with Gasteiger partial charge in [0, 0.05) is 0 Å². The van der Waals surface area contributed by atoms with Crippen molar-refractivity contribution in [1.82, 2.24) is 24.6 Å². The number of aliphatic hydroxyl groups is 2. The summed E-state index contributed by atoms with van der Waals surface area (Å²) in [4.78, 5) is 11.8. The molecule has 1 aliphatic heterocycles. The van der Waals surface area contributed by atoms with Gasteiger partial charge in [0.1, 0.15) is 24.3 Å². The molecule has 5 N–H and O–H groups in total. The first-order chi connectivity index (χ1) is 9.13. The van der Waals surface area contributed by atoms with E-state index in [1.165, 1.54) is 17.2 Å². The highest BCUT2D eigenvalue weighted by molar-refractivity contribution is 5.81. The maximum atomic E-state index is 9.78. The van der Waals surface area contributed by atoms with Crippen LogP contribution in [0.4, 0.5) is 5.82 Å². The van der Waals surface area contributed by atoms with Gasteiger partial charge < -0.3 is 25.9 Å². The highest BCUT2D eigenvalue weighted by Crippen LogP contribution is 2.30. The zero-order valence-corrected chi connectivity index (χ0v) is 9.66. The third-order valence-corrected chi connectivity index (χ3v) is 2.93. The molecule has 102 valence electrons. The molecular weight excluding hydrogens is 256 g/mol. The minimum Gasteiger partial charge on any atom is -0.394 e. The molecule has 1 saturated heterocycles. The Morgan fingerprint density at radius 3 is 2.84 bits per heavy atom. The molecule has 0 saturated carbocycles. The number of anilines is 1. The summed E-state index contributed by atoms with van der Waals surface area (Å²) in [5.74, 6) is 0.200. The topological polar surface area (TPSA) is 143 Å². The van der Waals surface area contributed by atoms with Crippen molar-refractivity contribution in [3.63, 3.8) is 0 Å². The van der Waals surface area contributed by atoms with Gasteiger partial charge in [0.05, 0.1) is 6.61 Å². The van der Waals surface area contributed by atoms with Crippen LogP contribution in [0.15, 0.2) is 12.7 Å². The molecule has 3 heterocycles. The quantitative estimate of drug-likeness (QED) is 0.499. The number of aliphatic hydroxyl groups excluding tert-OH is 2. The molecule has 2 aromatic rings. The number of ether oxygens (including phenoxy) is 1. The Morgan fingerprint density at radius 2 is 2.16 bits per heavy atom. The lowest BCUT2D eigenvalue weighted by atomic mass is 10.3. The van der Waals surface area contributed by atoms with E-state index in [0.717, 1.165) is 0 Å². The predicted molar refractivity (Wildman–Crippen MR) is 60.4 cm³/mol. The van der Waals surface area contributed by atoms with Crippen molar-refractivity contribution in [2.75, 3.05) is 12.3 Å². The summed E-state index contributed by atoms with van der Waals surface area (Å²) in [6, 6.07) is 0. The number of imidazole rings is 1. The lowest BCUT2D eigenvalue weighted by Gasteiger charge is -2.18. The molecule has 1 aliphatic rings. The van der Waals surface area contributed by atoms with Gasteiger partial charge in [-0.2, -0.15) is 0 Å². The van der Waals surface area contributed by atoms with Crippen LogP contribution in [0.3, 0.4) is 0 Å². The molecule has 10 heteroatoms. The minimum absolute atomic E-state index is 0.200.